The van der Waals surface area contributed by atoms with E-state index in [0.717, 1.165) is 25.7 Å². The predicted molar refractivity (Wildman–Crippen MR) is 72.7 cm³/mol. The number of alkyl halides is 3. The fourth-order valence-corrected chi connectivity index (χ4v) is 3.53. The SMILES string of the molecule is O=C(Cn1nc(C(F)(F)F)c(Br)c1C1CC1)N1CCCC1. The number of hydrogen-bond acceptors (Lipinski definition) is 2. The second-order valence-electron chi connectivity index (χ2n) is 5.57. The highest BCUT2D eigenvalue weighted by Crippen LogP contribution is 2.46. The van der Waals surface area contributed by atoms with Gasteiger partial charge in [-0.05, 0) is 41.6 Å². The Labute approximate surface area is 128 Å². The molecule has 2 fully saturated rings. The van der Waals surface area contributed by atoms with Crippen LogP contribution >= 0.6 is 15.9 Å². The number of aromatic nitrogens is 2. The molecule has 0 unspecified atom stereocenters. The molecule has 2 heterocycles. The van der Waals surface area contributed by atoms with Crippen molar-refractivity contribution in [2.45, 2.75) is 44.3 Å². The largest absolute Gasteiger partial charge is 0.436 e. The van der Waals surface area contributed by atoms with Gasteiger partial charge in [0, 0.05) is 19.0 Å². The molecule has 1 aliphatic heterocycles. The summed E-state index contributed by atoms with van der Waals surface area (Å²) in [6, 6.07) is 0. The van der Waals surface area contributed by atoms with E-state index in [0.29, 0.717) is 18.8 Å². The number of hydrogen-bond donors (Lipinski definition) is 0. The number of likely N-dealkylation sites (tertiary alicyclic amines) is 1. The van der Waals surface area contributed by atoms with Crippen LogP contribution < -0.4 is 0 Å². The first-order valence-electron chi connectivity index (χ1n) is 6.99. The molecule has 0 spiro atoms. The molecule has 3 rings (SSSR count). The van der Waals surface area contributed by atoms with Crippen molar-refractivity contribution in [3.63, 3.8) is 0 Å². The van der Waals surface area contributed by atoms with E-state index < -0.39 is 11.9 Å². The Kier molecular flexibility index (Phi) is 3.75. The van der Waals surface area contributed by atoms with E-state index in [2.05, 4.69) is 21.0 Å². The Hall–Kier alpha value is -1.05. The van der Waals surface area contributed by atoms with Crippen LogP contribution in [0.3, 0.4) is 0 Å². The van der Waals surface area contributed by atoms with Gasteiger partial charge in [-0.1, -0.05) is 0 Å². The first kappa shape index (κ1) is 14.9. The van der Waals surface area contributed by atoms with E-state index in [1.807, 2.05) is 0 Å². The molecular formula is C13H15BrF3N3O. The molecule has 116 valence electrons. The highest BCUT2D eigenvalue weighted by atomic mass is 79.9. The molecule has 1 aliphatic carbocycles. The molecule has 21 heavy (non-hydrogen) atoms. The van der Waals surface area contributed by atoms with Crippen molar-refractivity contribution in [2.24, 2.45) is 0 Å². The maximum absolute atomic E-state index is 13.0. The van der Waals surface area contributed by atoms with Crippen molar-refractivity contribution in [3.8, 4) is 0 Å². The molecular weight excluding hydrogens is 351 g/mol. The highest BCUT2D eigenvalue weighted by Gasteiger charge is 2.42. The molecule has 1 saturated carbocycles. The smallest absolute Gasteiger partial charge is 0.341 e. The molecule has 1 aromatic rings. The van der Waals surface area contributed by atoms with Gasteiger partial charge in [-0.15, -0.1) is 0 Å². The summed E-state index contributed by atoms with van der Waals surface area (Å²) in [7, 11) is 0. The van der Waals surface area contributed by atoms with Crippen molar-refractivity contribution in [2.75, 3.05) is 13.1 Å². The van der Waals surface area contributed by atoms with Crippen molar-refractivity contribution in [3.05, 3.63) is 15.9 Å². The first-order chi connectivity index (χ1) is 9.88. The minimum absolute atomic E-state index is 0.00766. The molecule has 0 aromatic carbocycles. The summed E-state index contributed by atoms with van der Waals surface area (Å²) in [5.41, 5.74) is -0.423. The summed E-state index contributed by atoms with van der Waals surface area (Å²) in [6.45, 7) is 1.26. The zero-order valence-electron chi connectivity index (χ0n) is 11.3. The van der Waals surface area contributed by atoms with Gasteiger partial charge in [-0.25, -0.2) is 0 Å². The average Bonchev–Trinajstić information content (AvgIpc) is 2.96. The Morgan fingerprint density at radius 1 is 1.29 bits per heavy atom. The van der Waals surface area contributed by atoms with E-state index in [1.165, 1.54) is 4.68 Å². The Morgan fingerprint density at radius 2 is 1.90 bits per heavy atom. The Morgan fingerprint density at radius 3 is 2.43 bits per heavy atom. The Balaban J connectivity index is 1.88. The normalized spacial score (nSPS) is 19.3. The number of rotatable bonds is 3. The van der Waals surface area contributed by atoms with Crippen molar-refractivity contribution in [1.82, 2.24) is 14.7 Å². The predicted octanol–water partition coefficient (Wildman–Crippen LogP) is 3.16. The van der Waals surface area contributed by atoms with Gasteiger partial charge >= 0.3 is 6.18 Å². The number of amides is 1. The maximum Gasteiger partial charge on any atom is 0.436 e. The lowest BCUT2D eigenvalue weighted by Gasteiger charge is -2.16. The van der Waals surface area contributed by atoms with Crippen LogP contribution in [0.25, 0.3) is 0 Å². The summed E-state index contributed by atoms with van der Waals surface area (Å²) < 4.78 is 40.1. The number of nitrogens with zero attached hydrogens (tertiary/aromatic N) is 3. The van der Waals surface area contributed by atoms with Crippen LogP contribution in [0, 0.1) is 0 Å². The second kappa shape index (κ2) is 5.30. The third-order valence-corrected chi connectivity index (χ3v) is 4.69. The van der Waals surface area contributed by atoms with E-state index >= 15 is 0 Å². The van der Waals surface area contributed by atoms with Gasteiger partial charge < -0.3 is 4.90 Å². The van der Waals surface area contributed by atoms with E-state index in [9.17, 15) is 18.0 Å². The van der Waals surface area contributed by atoms with Crippen LogP contribution in [-0.4, -0.2) is 33.7 Å². The molecule has 1 aromatic heterocycles. The van der Waals surface area contributed by atoms with Crippen LogP contribution in [0.4, 0.5) is 13.2 Å². The van der Waals surface area contributed by atoms with E-state index in [-0.39, 0.29) is 22.8 Å². The van der Waals surface area contributed by atoms with Crippen LogP contribution in [0.1, 0.15) is 43.0 Å². The monoisotopic (exact) mass is 365 g/mol. The Bertz CT molecular complexity index is 560. The van der Waals surface area contributed by atoms with Crippen molar-refractivity contribution in [1.29, 1.82) is 0 Å². The zero-order valence-corrected chi connectivity index (χ0v) is 12.9. The van der Waals surface area contributed by atoms with E-state index in [4.69, 9.17) is 0 Å². The van der Waals surface area contributed by atoms with Crippen LogP contribution in [-0.2, 0) is 17.5 Å². The summed E-state index contributed by atoms with van der Waals surface area (Å²) in [5, 5.41) is 3.65. The fraction of sp³-hybridized carbons (Fsp3) is 0.692. The van der Waals surface area contributed by atoms with Crippen molar-refractivity contribution >= 4 is 21.8 Å². The zero-order chi connectivity index (χ0) is 15.2. The van der Waals surface area contributed by atoms with Gasteiger partial charge in [0.05, 0.1) is 10.2 Å². The number of carbonyl (C=O) groups excluding carboxylic acids is 1. The molecule has 0 atom stereocenters. The van der Waals surface area contributed by atoms with Gasteiger partial charge in [-0.2, -0.15) is 18.3 Å². The van der Waals surface area contributed by atoms with Crippen LogP contribution in [0.2, 0.25) is 0 Å². The summed E-state index contributed by atoms with van der Waals surface area (Å²) in [4.78, 5) is 13.8. The van der Waals surface area contributed by atoms with Gasteiger partial charge in [0.1, 0.15) is 6.54 Å². The third-order valence-electron chi connectivity index (χ3n) is 3.91. The topological polar surface area (TPSA) is 38.1 Å². The molecule has 8 heteroatoms. The number of halogens is 4. The summed E-state index contributed by atoms with van der Waals surface area (Å²) in [6.07, 6.45) is -0.904. The lowest BCUT2D eigenvalue weighted by atomic mass is 10.2. The first-order valence-corrected chi connectivity index (χ1v) is 7.78. The van der Waals surface area contributed by atoms with Crippen LogP contribution in [0.5, 0.6) is 0 Å². The lowest BCUT2D eigenvalue weighted by Crippen LogP contribution is -2.32. The fourth-order valence-electron chi connectivity index (χ4n) is 2.70. The molecule has 0 bridgehead atoms. The summed E-state index contributed by atoms with van der Waals surface area (Å²) >= 11 is 3.02. The maximum atomic E-state index is 13.0. The summed E-state index contributed by atoms with van der Waals surface area (Å²) in [5.74, 6) is -0.0764. The quantitative estimate of drug-likeness (QED) is 0.824. The standard InChI is InChI=1S/C13H15BrF3N3O/c14-10-11(8-3-4-8)20(18-12(10)13(15,16)17)7-9(21)19-5-1-2-6-19/h8H,1-7H2. The second-order valence-corrected chi connectivity index (χ2v) is 6.36. The molecule has 1 saturated heterocycles. The van der Waals surface area contributed by atoms with Crippen LogP contribution in [0.15, 0.2) is 4.47 Å². The van der Waals surface area contributed by atoms with Gasteiger partial charge in [0.2, 0.25) is 5.91 Å². The average molecular weight is 366 g/mol. The minimum atomic E-state index is -4.51. The third kappa shape index (κ3) is 2.95. The molecule has 2 aliphatic rings. The van der Waals surface area contributed by atoms with Crippen molar-refractivity contribution < 1.29 is 18.0 Å². The molecule has 0 N–H and O–H groups in total. The van der Waals surface area contributed by atoms with Gasteiger partial charge in [0.15, 0.2) is 5.69 Å². The van der Waals surface area contributed by atoms with Gasteiger partial charge in [0.25, 0.3) is 0 Å². The molecule has 1 amide bonds. The van der Waals surface area contributed by atoms with E-state index in [1.54, 1.807) is 4.90 Å². The highest BCUT2D eigenvalue weighted by molar-refractivity contribution is 9.10. The molecule has 4 nitrogen and oxygen atoms in total. The number of carbonyl (C=O) groups is 1. The van der Waals surface area contributed by atoms with Gasteiger partial charge in [-0.3, -0.25) is 9.48 Å². The lowest BCUT2D eigenvalue weighted by molar-refractivity contribution is -0.142. The minimum Gasteiger partial charge on any atom is -0.341 e. The molecule has 0 radical (unpaired) electrons.